The average Bonchev–Trinajstić information content (AvgIpc) is 2.90. The molecule has 3 aromatic rings. The molecule has 2 heterocycles. The van der Waals surface area contributed by atoms with Gasteiger partial charge in [-0.1, -0.05) is 18.2 Å². The summed E-state index contributed by atoms with van der Waals surface area (Å²) >= 11 is 0. The highest BCUT2D eigenvalue weighted by Crippen LogP contribution is 2.31. The molecule has 0 unspecified atom stereocenters. The van der Waals surface area contributed by atoms with Gasteiger partial charge in [0.2, 0.25) is 5.91 Å². The van der Waals surface area contributed by atoms with Gasteiger partial charge in [-0.3, -0.25) is 9.78 Å². The number of methoxy groups -OCH3 is 1. The lowest BCUT2D eigenvalue weighted by Gasteiger charge is -2.26. The Hall–Kier alpha value is -3.52. The van der Waals surface area contributed by atoms with Gasteiger partial charge in [0.05, 0.1) is 25.5 Å². The molecule has 8 heteroatoms. The van der Waals surface area contributed by atoms with Crippen molar-refractivity contribution in [1.29, 1.82) is 0 Å². The van der Waals surface area contributed by atoms with Crippen LogP contribution in [0.2, 0.25) is 0 Å². The van der Waals surface area contributed by atoms with Crippen molar-refractivity contribution < 1.29 is 23.0 Å². The maximum absolute atomic E-state index is 14.0. The van der Waals surface area contributed by atoms with Crippen LogP contribution in [0.15, 0.2) is 60.8 Å². The van der Waals surface area contributed by atoms with Gasteiger partial charge in [0.1, 0.15) is 11.6 Å². The van der Waals surface area contributed by atoms with Crippen LogP contribution in [0, 0.1) is 17.6 Å². The van der Waals surface area contributed by atoms with Crippen molar-refractivity contribution in [2.75, 3.05) is 26.8 Å². The Morgan fingerprint density at radius 2 is 1.97 bits per heavy atom. The molecule has 0 saturated carbocycles. The highest BCUT2D eigenvalue weighted by molar-refractivity contribution is 5.79. The second-order valence-corrected chi connectivity index (χ2v) is 8.47. The van der Waals surface area contributed by atoms with Gasteiger partial charge in [0, 0.05) is 30.2 Å². The van der Waals surface area contributed by atoms with Crippen molar-refractivity contribution in [2.24, 2.45) is 5.92 Å². The molecule has 0 spiro atoms. The van der Waals surface area contributed by atoms with Crippen molar-refractivity contribution in [2.45, 2.75) is 25.3 Å². The quantitative estimate of drug-likeness (QED) is 0.465. The van der Waals surface area contributed by atoms with E-state index in [9.17, 15) is 13.6 Å². The molecule has 1 amide bonds. The Bertz CT molecular complexity index is 1150. The van der Waals surface area contributed by atoms with Crippen molar-refractivity contribution >= 4 is 5.91 Å². The Morgan fingerprint density at radius 3 is 2.77 bits per heavy atom. The largest absolute Gasteiger partial charge is 0.497 e. The van der Waals surface area contributed by atoms with Gasteiger partial charge in [0.15, 0.2) is 11.6 Å². The number of nitrogens with zero attached hydrogens (tertiary/aromatic N) is 1. The molecule has 2 aromatic carbocycles. The van der Waals surface area contributed by atoms with Gasteiger partial charge < -0.3 is 20.1 Å². The number of piperidine rings is 1. The van der Waals surface area contributed by atoms with Gasteiger partial charge in [-0.25, -0.2) is 8.78 Å². The number of carbonyl (C=O) groups is 1. The van der Waals surface area contributed by atoms with E-state index < -0.39 is 17.7 Å². The van der Waals surface area contributed by atoms with Gasteiger partial charge in [-0.05, 0) is 61.8 Å². The van der Waals surface area contributed by atoms with Crippen LogP contribution in [0.1, 0.15) is 31.0 Å². The molecule has 6 nitrogen and oxygen atoms in total. The maximum atomic E-state index is 14.0. The Labute approximate surface area is 203 Å². The van der Waals surface area contributed by atoms with Gasteiger partial charge in [-0.2, -0.15) is 0 Å². The fraction of sp³-hybridized carbons (Fsp3) is 0.333. The number of halogens is 2. The number of aromatic nitrogens is 1. The van der Waals surface area contributed by atoms with E-state index in [1.54, 1.807) is 13.3 Å². The third-order valence-corrected chi connectivity index (χ3v) is 6.13. The third-order valence-electron chi connectivity index (χ3n) is 6.13. The van der Waals surface area contributed by atoms with Crippen LogP contribution < -0.4 is 20.1 Å². The lowest BCUT2D eigenvalue weighted by atomic mass is 9.94. The van der Waals surface area contributed by atoms with Crippen LogP contribution in [0.5, 0.6) is 11.5 Å². The molecule has 0 radical (unpaired) electrons. The first-order chi connectivity index (χ1) is 17.0. The summed E-state index contributed by atoms with van der Waals surface area (Å²) in [7, 11) is 1.61. The summed E-state index contributed by atoms with van der Waals surface area (Å²) in [5.74, 6) is -0.821. The molecule has 0 aliphatic carbocycles. The first-order valence-corrected chi connectivity index (χ1v) is 11.7. The fourth-order valence-electron chi connectivity index (χ4n) is 4.26. The van der Waals surface area contributed by atoms with Crippen LogP contribution in [0.3, 0.4) is 0 Å². The molecule has 4 rings (SSSR count). The highest BCUT2D eigenvalue weighted by Gasteiger charge is 2.26. The molecule has 2 N–H and O–H groups in total. The van der Waals surface area contributed by atoms with Crippen LogP contribution in [0.4, 0.5) is 8.78 Å². The molecule has 1 aliphatic rings. The molecular formula is C27H29F2N3O3. The van der Waals surface area contributed by atoms with Crippen molar-refractivity contribution in [3.63, 3.8) is 0 Å². The number of carbonyl (C=O) groups excluding carboxylic acids is 1. The molecular weight excluding hydrogens is 452 g/mol. The second kappa shape index (κ2) is 11.8. The Kier molecular flexibility index (Phi) is 8.26. The summed E-state index contributed by atoms with van der Waals surface area (Å²) in [6.45, 7) is 1.65. The van der Waals surface area contributed by atoms with Crippen LogP contribution >= 0.6 is 0 Å². The standard InChI is InChI=1S/C27H29F2N3O3/c1-34-21-5-2-4-19(16-21)22-6-3-12-31-26(22)24(32-27(33)18-9-13-30-14-10-18)11-15-35-25-17-20(28)7-8-23(25)29/h2-8,12,16-18,24,30H,9-11,13-15H2,1H3,(H,32,33)/t24-/m1/s1. The number of ether oxygens (including phenoxy) is 2. The number of amides is 1. The zero-order valence-electron chi connectivity index (χ0n) is 19.6. The van der Waals surface area contributed by atoms with E-state index in [4.69, 9.17) is 9.47 Å². The minimum absolute atomic E-state index is 0.0457. The summed E-state index contributed by atoms with van der Waals surface area (Å²) in [4.78, 5) is 17.7. The lowest BCUT2D eigenvalue weighted by Crippen LogP contribution is -2.40. The summed E-state index contributed by atoms with van der Waals surface area (Å²) in [5, 5.41) is 6.41. The van der Waals surface area contributed by atoms with Crippen LogP contribution in [-0.2, 0) is 4.79 Å². The summed E-state index contributed by atoms with van der Waals surface area (Å²) < 4.78 is 38.5. The van der Waals surface area contributed by atoms with E-state index >= 15 is 0 Å². The third kappa shape index (κ3) is 6.33. The number of nitrogens with one attached hydrogen (secondary N) is 2. The van der Waals surface area contributed by atoms with Crippen molar-refractivity contribution in [3.05, 3.63) is 78.1 Å². The molecule has 1 fully saturated rings. The molecule has 35 heavy (non-hydrogen) atoms. The lowest BCUT2D eigenvalue weighted by molar-refractivity contribution is -0.126. The molecule has 1 saturated heterocycles. The SMILES string of the molecule is COc1cccc(-c2cccnc2[C@@H](CCOc2cc(F)ccc2F)NC(=O)C2CCNCC2)c1. The van der Waals surface area contributed by atoms with E-state index in [1.807, 2.05) is 36.4 Å². The smallest absolute Gasteiger partial charge is 0.223 e. The van der Waals surface area contributed by atoms with E-state index in [2.05, 4.69) is 15.6 Å². The second-order valence-electron chi connectivity index (χ2n) is 8.47. The fourth-order valence-corrected chi connectivity index (χ4v) is 4.26. The van der Waals surface area contributed by atoms with Crippen LogP contribution in [0.25, 0.3) is 11.1 Å². The van der Waals surface area contributed by atoms with E-state index in [-0.39, 0.29) is 24.2 Å². The first-order valence-electron chi connectivity index (χ1n) is 11.7. The maximum Gasteiger partial charge on any atom is 0.223 e. The summed E-state index contributed by atoms with van der Waals surface area (Å²) in [5.41, 5.74) is 2.41. The predicted molar refractivity (Wildman–Crippen MR) is 129 cm³/mol. The molecule has 1 aromatic heterocycles. The Morgan fingerprint density at radius 1 is 1.14 bits per heavy atom. The average molecular weight is 482 g/mol. The number of hydrogen-bond donors (Lipinski definition) is 2. The highest BCUT2D eigenvalue weighted by atomic mass is 19.1. The monoisotopic (exact) mass is 481 g/mol. The topological polar surface area (TPSA) is 72.5 Å². The predicted octanol–water partition coefficient (Wildman–Crippen LogP) is 4.66. The summed E-state index contributed by atoms with van der Waals surface area (Å²) in [6.07, 6.45) is 3.51. The zero-order chi connectivity index (χ0) is 24.6. The zero-order valence-corrected chi connectivity index (χ0v) is 19.6. The Balaban J connectivity index is 1.59. The normalized spacial score (nSPS) is 14.8. The van der Waals surface area contributed by atoms with E-state index in [0.29, 0.717) is 17.9 Å². The number of benzene rings is 2. The van der Waals surface area contributed by atoms with E-state index in [1.165, 1.54) is 0 Å². The van der Waals surface area contributed by atoms with Gasteiger partial charge in [0.25, 0.3) is 0 Å². The minimum Gasteiger partial charge on any atom is -0.497 e. The number of pyridine rings is 1. The van der Waals surface area contributed by atoms with Gasteiger partial charge in [-0.15, -0.1) is 0 Å². The summed E-state index contributed by atoms with van der Waals surface area (Å²) in [6, 6.07) is 14.0. The minimum atomic E-state index is -0.642. The first kappa shape index (κ1) is 24.6. The van der Waals surface area contributed by atoms with Crippen molar-refractivity contribution in [3.8, 4) is 22.6 Å². The number of rotatable bonds is 9. The van der Waals surface area contributed by atoms with Crippen molar-refractivity contribution in [1.82, 2.24) is 15.6 Å². The molecule has 1 aliphatic heterocycles. The van der Waals surface area contributed by atoms with E-state index in [0.717, 1.165) is 55.3 Å². The van der Waals surface area contributed by atoms with Gasteiger partial charge >= 0.3 is 0 Å². The molecule has 0 bridgehead atoms. The molecule has 184 valence electrons. The molecule has 1 atom stereocenters. The number of hydrogen-bond acceptors (Lipinski definition) is 5. The van der Waals surface area contributed by atoms with Crippen LogP contribution in [-0.4, -0.2) is 37.7 Å².